The molecule has 96 valence electrons. The predicted molar refractivity (Wildman–Crippen MR) is 73.1 cm³/mol. The van der Waals surface area contributed by atoms with Gasteiger partial charge in [0.15, 0.2) is 5.78 Å². The van der Waals surface area contributed by atoms with Gasteiger partial charge in [-0.2, -0.15) is 5.48 Å². The maximum atomic E-state index is 11.8. The third-order valence-corrected chi connectivity index (χ3v) is 3.16. The van der Waals surface area contributed by atoms with E-state index in [1.165, 1.54) is 5.57 Å². The molecule has 4 nitrogen and oxygen atoms in total. The van der Waals surface area contributed by atoms with Gasteiger partial charge in [0.05, 0.1) is 0 Å². The summed E-state index contributed by atoms with van der Waals surface area (Å²) in [6.07, 6.45) is 2.02. The van der Waals surface area contributed by atoms with Crippen molar-refractivity contribution in [1.29, 1.82) is 0 Å². The molecule has 0 bridgehead atoms. The van der Waals surface area contributed by atoms with Crippen LogP contribution in [0.25, 0.3) is 0 Å². The fraction of sp³-hybridized carbons (Fsp3) is 0.308. The molecular weight excluding hydrogens is 296 g/mol. The van der Waals surface area contributed by atoms with Crippen molar-refractivity contribution >= 4 is 21.7 Å². The van der Waals surface area contributed by atoms with E-state index in [1.54, 1.807) is 12.1 Å². The molecule has 1 aromatic carbocycles. The molecule has 0 saturated heterocycles. The number of rotatable bonds is 5. The molecule has 0 spiro atoms. The van der Waals surface area contributed by atoms with Gasteiger partial charge in [0.25, 0.3) is 0 Å². The zero-order valence-corrected chi connectivity index (χ0v) is 11.7. The lowest BCUT2D eigenvalue weighted by atomic mass is 10.1. The van der Waals surface area contributed by atoms with Gasteiger partial charge in [0, 0.05) is 16.6 Å². The van der Waals surface area contributed by atoms with Gasteiger partial charge in [-0.1, -0.05) is 39.7 Å². The highest BCUT2D eigenvalue weighted by atomic mass is 79.9. The fourth-order valence-electron chi connectivity index (χ4n) is 1.67. The summed E-state index contributed by atoms with van der Waals surface area (Å²) in [5.74, 6) is -0.0475. The van der Waals surface area contributed by atoms with Gasteiger partial charge in [0.2, 0.25) is 0 Å². The Hall–Kier alpha value is -1.01. The topological polar surface area (TPSA) is 50.4 Å². The summed E-state index contributed by atoms with van der Waals surface area (Å²) in [6.45, 7) is 2.91. The number of benzene rings is 1. The van der Waals surface area contributed by atoms with Crippen molar-refractivity contribution in [2.75, 3.05) is 13.2 Å². The van der Waals surface area contributed by atoms with Crippen molar-refractivity contribution in [3.05, 3.63) is 46.0 Å². The predicted octanol–water partition coefficient (Wildman–Crippen LogP) is 2.03. The number of hydroxylamine groups is 1. The standard InChI is InChI=1S/C13H15BrN2O2/c1-9-6-13(15-7-9)16-18-8-12(17)10-2-4-11(14)5-3-10/h2-6,13,15-16H,7-8H2,1H3. The van der Waals surface area contributed by atoms with Crippen molar-refractivity contribution in [2.45, 2.75) is 13.1 Å². The van der Waals surface area contributed by atoms with Crippen molar-refractivity contribution in [1.82, 2.24) is 10.8 Å². The first-order valence-electron chi connectivity index (χ1n) is 5.72. The molecule has 2 N–H and O–H groups in total. The van der Waals surface area contributed by atoms with Crippen LogP contribution in [-0.4, -0.2) is 25.1 Å². The third kappa shape index (κ3) is 3.74. The maximum Gasteiger partial charge on any atom is 0.190 e. The Kier molecular flexibility index (Phi) is 4.66. The molecule has 1 aromatic rings. The Morgan fingerprint density at radius 1 is 1.50 bits per heavy atom. The van der Waals surface area contributed by atoms with E-state index in [2.05, 4.69) is 26.7 Å². The lowest BCUT2D eigenvalue weighted by Gasteiger charge is -2.11. The van der Waals surface area contributed by atoms with Gasteiger partial charge in [0.1, 0.15) is 12.8 Å². The first-order valence-corrected chi connectivity index (χ1v) is 6.51. The average Bonchev–Trinajstić information content (AvgIpc) is 2.76. The number of nitrogens with one attached hydrogen (secondary N) is 2. The van der Waals surface area contributed by atoms with Crippen LogP contribution in [0.3, 0.4) is 0 Å². The minimum atomic E-state index is -0.0475. The smallest absolute Gasteiger partial charge is 0.190 e. The molecule has 2 rings (SSSR count). The minimum absolute atomic E-state index is 0.0114. The Morgan fingerprint density at radius 2 is 2.22 bits per heavy atom. The van der Waals surface area contributed by atoms with E-state index >= 15 is 0 Å². The molecule has 5 heteroatoms. The monoisotopic (exact) mass is 310 g/mol. The Morgan fingerprint density at radius 3 is 2.83 bits per heavy atom. The third-order valence-electron chi connectivity index (χ3n) is 2.63. The van der Waals surface area contributed by atoms with E-state index in [9.17, 15) is 4.79 Å². The number of hydrogen-bond acceptors (Lipinski definition) is 4. The minimum Gasteiger partial charge on any atom is -0.293 e. The molecule has 0 fully saturated rings. The molecular formula is C13H15BrN2O2. The molecule has 1 atom stereocenters. The van der Waals surface area contributed by atoms with Crippen LogP contribution in [0.15, 0.2) is 40.4 Å². The van der Waals surface area contributed by atoms with Gasteiger partial charge >= 0.3 is 0 Å². The zero-order valence-electron chi connectivity index (χ0n) is 10.1. The van der Waals surface area contributed by atoms with Crippen LogP contribution >= 0.6 is 15.9 Å². The van der Waals surface area contributed by atoms with Gasteiger partial charge in [-0.25, -0.2) is 0 Å². The van der Waals surface area contributed by atoms with Gasteiger partial charge in [-0.3, -0.25) is 14.9 Å². The molecule has 0 saturated carbocycles. The van der Waals surface area contributed by atoms with Crippen LogP contribution in [0.5, 0.6) is 0 Å². The molecule has 1 aliphatic rings. The van der Waals surface area contributed by atoms with Crippen LogP contribution in [0.2, 0.25) is 0 Å². The van der Waals surface area contributed by atoms with E-state index in [-0.39, 0.29) is 18.6 Å². The number of carbonyl (C=O) groups is 1. The molecule has 0 aromatic heterocycles. The average molecular weight is 311 g/mol. The van der Waals surface area contributed by atoms with E-state index in [0.717, 1.165) is 11.0 Å². The molecule has 0 radical (unpaired) electrons. The van der Waals surface area contributed by atoms with E-state index in [0.29, 0.717) is 5.56 Å². The van der Waals surface area contributed by atoms with Crippen LogP contribution in [-0.2, 0) is 4.84 Å². The second-order valence-electron chi connectivity index (χ2n) is 4.21. The van der Waals surface area contributed by atoms with Crippen molar-refractivity contribution < 1.29 is 9.63 Å². The van der Waals surface area contributed by atoms with Gasteiger partial charge in [-0.05, 0) is 19.1 Å². The summed E-state index contributed by atoms with van der Waals surface area (Å²) in [4.78, 5) is 17.0. The number of hydrogen-bond donors (Lipinski definition) is 2. The molecule has 1 aliphatic heterocycles. The van der Waals surface area contributed by atoms with Crippen molar-refractivity contribution in [3.63, 3.8) is 0 Å². The highest BCUT2D eigenvalue weighted by molar-refractivity contribution is 9.10. The van der Waals surface area contributed by atoms with Crippen LogP contribution in [0.4, 0.5) is 0 Å². The first kappa shape index (κ1) is 13.4. The first-order chi connectivity index (χ1) is 8.65. The molecule has 1 unspecified atom stereocenters. The largest absolute Gasteiger partial charge is 0.293 e. The SMILES string of the molecule is CC1=CC(NOCC(=O)c2ccc(Br)cc2)NC1. The maximum absolute atomic E-state index is 11.8. The van der Waals surface area contributed by atoms with Crippen LogP contribution < -0.4 is 10.8 Å². The van der Waals surface area contributed by atoms with Crippen molar-refractivity contribution in [3.8, 4) is 0 Å². The lowest BCUT2D eigenvalue weighted by molar-refractivity contribution is 0.0234. The van der Waals surface area contributed by atoms with Crippen LogP contribution in [0, 0.1) is 0 Å². The lowest BCUT2D eigenvalue weighted by Crippen LogP contribution is -2.38. The summed E-state index contributed by atoms with van der Waals surface area (Å²) in [5, 5.41) is 3.18. The normalized spacial score (nSPS) is 18.8. The fourth-order valence-corrected chi connectivity index (χ4v) is 1.93. The zero-order chi connectivity index (χ0) is 13.0. The summed E-state index contributed by atoms with van der Waals surface area (Å²) < 4.78 is 0.953. The second-order valence-corrected chi connectivity index (χ2v) is 5.12. The number of ketones is 1. The summed E-state index contributed by atoms with van der Waals surface area (Å²) in [5.41, 5.74) is 4.71. The molecule has 0 aliphatic carbocycles. The summed E-state index contributed by atoms with van der Waals surface area (Å²) in [7, 11) is 0. The highest BCUT2D eigenvalue weighted by Gasteiger charge is 2.12. The van der Waals surface area contributed by atoms with E-state index in [4.69, 9.17) is 4.84 Å². The van der Waals surface area contributed by atoms with Crippen molar-refractivity contribution in [2.24, 2.45) is 0 Å². The summed E-state index contributed by atoms with van der Waals surface area (Å²) in [6, 6.07) is 7.22. The number of carbonyl (C=O) groups excluding carboxylic acids is 1. The Balaban J connectivity index is 1.77. The molecule has 18 heavy (non-hydrogen) atoms. The molecule has 0 amide bonds. The van der Waals surface area contributed by atoms with Gasteiger partial charge in [-0.15, -0.1) is 0 Å². The second kappa shape index (κ2) is 6.24. The van der Waals surface area contributed by atoms with E-state index in [1.807, 2.05) is 25.1 Å². The highest BCUT2D eigenvalue weighted by Crippen LogP contribution is 2.11. The van der Waals surface area contributed by atoms with Gasteiger partial charge < -0.3 is 0 Å². The Bertz CT molecular complexity index is 457. The number of Topliss-reactive ketones (excluding diaryl/α,β-unsaturated/α-hetero) is 1. The quantitative estimate of drug-likeness (QED) is 0.496. The number of halogens is 1. The summed E-state index contributed by atoms with van der Waals surface area (Å²) >= 11 is 3.33. The van der Waals surface area contributed by atoms with Crippen LogP contribution in [0.1, 0.15) is 17.3 Å². The van der Waals surface area contributed by atoms with E-state index < -0.39 is 0 Å². The molecule has 1 heterocycles. The Labute approximate surface area is 114 Å².